The average molecular weight is 242 g/mol. The second-order valence-corrected chi connectivity index (χ2v) is 4.26. The molecule has 0 saturated heterocycles. The van der Waals surface area contributed by atoms with Crippen molar-refractivity contribution < 1.29 is 0 Å². The van der Waals surface area contributed by atoms with Crippen molar-refractivity contribution >= 4 is 11.5 Å². The number of nitrogens with one attached hydrogen (secondary N) is 1. The third-order valence-corrected chi connectivity index (χ3v) is 2.70. The van der Waals surface area contributed by atoms with Gasteiger partial charge in [-0.3, -0.25) is 0 Å². The highest BCUT2D eigenvalue weighted by Crippen LogP contribution is 2.21. The Kier molecular flexibility index (Phi) is 3.77. The first-order valence-electron chi connectivity index (χ1n) is 6.04. The molecule has 4 heteroatoms. The van der Waals surface area contributed by atoms with Crippen molar-refractivity contribution in [1.82, 2.24) is 9.97 Å². The van der Waals surface area contributed by atoms with Gasteiger partial charge in [-0.05, 0) is 19.1 Å². The average Bonchev–Trinajstić information content (AvgIpc) is 2.39. The van der Waals surface area contributed by atoms with Gasteiger partial charge in [0.05, 0.1) is 5.69 Å². The Balaban J connectivity index is 2.27. The highest BCUT2D eigenvalue weighted by Gasteiger charge is 2.02. The zero-order valence-electron chi connectivity index (χ0n) is 11.0. The second-order valence-electron chi connectivity index (χ2n) is 4.26. The van der Waals surface area contributed by atoms with Crippen LogP contribution in [0.3, 0.4) is 0 Å². The normalized spacial score (nSPS) is 10.2. The van der Waals surface area contributed by atoms with Crippen molar-refractivity contribution in [2.24, 2.45) is 0 Å². The first-order valence-corrected chi connectivity index (χ1v) is 6.04. The first kappa shape index (κ1) is 12.4. The maximum Gasteiger partial charge on any atom is 0.129 e. The molecule has 0 spiro atoms. The summed E-state index contributed by atoms with van der Waals surface area (Å²) in [7, 11) is 4.06. The largest absolute Gasteiger partial charge is 0.378 e. The van der Waals surface area contributed by atoms with E-state index in [2.05, 4.69) is 44.5 Å². The summed E-state index contributed by atoms with van der Waals surface area (Å²) in [5, 5.41) is 3.19. The molecule has 18 heavy (non-hydrogen) atoms. The summed E-state index contributed by atoms with van der Waals surface area (Å²) in [6, 6.07) is 10.3. The molecular weight excluding hydrogens is 224 g/mol. The van der Waals surface area contributed by atoms with Crippen molar-refractivity contribution in [1.29, 1.82) is 0 Å². The van der Waals surface area contributed by atoms with E-state index in [1.807, 2.05) is 27.1 Å². The molecule has 0 aliphatic carbocycles. The lowest BCUT2D eigenvalue weighted by Gasteiger charge is -2.12. The molecule has 1 aromatic heterocycles. The lowest BCUT2D eigenvalue weighted by Crippen LogP contribution is -2.08. The maximum atomic E-state index is 4.30. The Hall–Kier alpha value is -2.10. The Morgan fingerprint density at radius 2 is 1.83 bits per heavy atom. The van der Waals surface area contributed by atoms with Crippen LogP contribution in [0.5, 0.6) is 0 Å². The summed E-state index contributed by atoms with van der Waals surface area (Å²) in [6.07, 6.45) is 1.59. The molecule has 0 fully saturated rings. The Morgan fingerprint density at radius 1 is 1.11 bits per heavy atom. The van der Waals surface area contributed by atoms with Crippen molar-refractivity contribution in [2.75, 3.05) is 30.9 Å². The third kappa shape index (κ3) is 2.77. The van der Waals surface area contributed by atoms with Crippen LogP contribution in [-0.2, 0) is 0 Å². The number of benzene rings is 1. The number of aromatic nitrogens is 2. The molecule has 0 aliphatic heterocycles. The van der Waals surface area contributed by atoms with Gasteiger partial charge in [0.2, 0.25) is 0 Å². The van der Waals surface area contributed by atoms with E-state index in [0.29, 0.717) is 0 Å². The van der Waals surface area contributed by atoms with Crippen LogP contribution >= 0.6 is 0 Å². The van der Waals surface area contributed by atoms with Gasteiger partial charge in [0, 0.05) is 38.0 Å². The smallest absolute Gasteiger partial charge is 0.129 e. The number of rotatable bonds is 4. The van der Waals surface area contributed by atoms with Gasteiger partial charge in [0.25, 0.3) is 0 Å². The fourth-order valence-electron chi connectivity index (χ4n) is 1.72. The Bertz CT molecular complexity index is 505. The van der Waals surface area contributed by atoms with E-state index in [1.54, 1.807) is 6.33 Å². The predicted molar refractivity (Wildman–Crippen MR) is 76.0 cm³/mol. The summed E-state index contributed by atoms with van der Waals surface area (Å²) >= 11 is 0. The van der Waals surface area contributed by atoms with Crippen LogP contribution in [-0.4, -0.2) is 30.6 Å². The van der Waals surface area contributed by atoms with Gasteiger partial charge in [-0.25, -0.2) is 9.97 Å². The second kappa shape index (κ2) is 5.49. The van der Waals surface area contributed by atoms with Crippen LogP contribution in [0.2, 0.25) is 0 Å². The summed E-state index contributed by atoms with van der Waals surface area (Å²) in [5.41, 5.74) is 3.22. The molecule has 0 amide bonds. The van der Waals surface area contributed by atoms with Crippen LogP contribution < -0.4 is 10.2 Å². The molecule has 0 bridgehead atoms. The number of hydrogen-bond acceptors (Lipinski definition) is 4. The number of nitrogens with zero attached hydrogens (tertiary/aromatic N) is 3. The standard InChI is InChI=1S/C14H18N4/c1-4-15-14-9-13(16-10-17-14)11-5-7-12(8-6-11)18(2)3/h5-10H,4H2,1-3H3,(H,15,16,17). The SMILES string of the molecule is CCNc1cc(-c2ccc(N(C)C)cc2)ncn1. The molecule has 0 aliphatic rings. The monoisotopic (exact) mass is 242 g/mol. The van der Waals surface area contributed by atoms with Crippen LogP contribution in [0.25, 0.3) is 11.3 Å². The van der Waals surface area contributed by atoms with Crippen LogP contribution in [0.15, 0.2) is 36.7 Å². The molecule has 1 aromatic carbocycles. The fraction of sp³-hybridized carbons (Fsp3) is 0.286. The first-order chi connectivity index (χ1) is 8.70. The topological polar surface area (TPSA) is 41.0 Å². The van der Waals surface area contributed by atoms with Gasteiger partial charge in [-0.2, -0.15) is 0 Å². The van der Waals surface area contributed by atoms with Gasteiger partial charge >= 0.3 is 0 Å². The summed E-state index contributed by atoms with van der Waals surface area (Å²) in [4.78, 5) is 10.5. The molecule has 4 nitrogen and oxygen atoms in total. The maximum absolute atomic E-state index is 4.30. The molecule has 0 atom stereocenters. The van der Waals surface area contributed by atoms with E-state index in [4.69, 9.17) is 0 Å². The van der Waals surface area contributed by atoms with Crippen molar-refractivity contribution in [3.05, 3.63) is 36.7 Å². The third-order valence-electron chi connectivity index (χ3n) is 2.70. The van der Waals surface area contributed by atoms with Gasteiger partial charge in [-0.15, -0.1) is 0 Å². The molecule has 1 heterocycles. The Labute approximate surface area is 108 Å². The number of anilines is 2. The molecule has 0 radical (unpaired) electrons. The molecule has 0 saturated carbocycles. The molecule has 0 unspecified atom stereocenters. The predicted octanol–water partition coefficient (Wildman–Crippen LogP) is 2.64. The molecule has 2 rings (SSSR count). The van der Waals surface area contributed by atoms with Crippen molar-refractivity contribution in [3.63, 3.8) is 0 Å². The molecule has 1 N–H and O–H groups in total. The van der Waals surface area contributed by atoms with E-state index in [1.165, 1.54) is 5.69 Å². The zero-order chi connectivity index (χ0) is 13.0. The van der Waals surface area contributed by atoms with Crippen molar-refractivity contribution in [2.45, 2.75) is 6.92 Å². The molecule has 2 aromatic rings. The van der Waals surface area contributed by atoms with Gasteiger partial charge < -0.3 is 10.2 Å². The van der Waals surface area contributed by atoms with Crippen LogP contribution in [0.4, 0.5) is 11.5 Å². The minimum atomic E-state index is 0.857. The van der Waals surface area contributed by atoms with E-state index < -0.39 is 0 Å². The highest BCUT2D eigenvalue weighted by molar-refractivity contribution is 5.65. The summed E-state index contributed by atoms with van der Waals surface area (Å²) < 4.78 is 0. The van der Waals surface area contributed by atoms with Crippen LogP contribution in [0.1, 0.15) is 6.92 Å². The Morgan fingerprint density at radius 3 is 2.44 bits per heavy atom. The quantitative estimate of drug-likeness (QED) is 0.895. The summed E-state index contributed by atoms with van der Waals surface area (Å²) in [5.74, 6) is 0.860. The lowest BCUT2D eigenvalue weighted by molar-refractivity contribution is 1.11. The van der Waals surface area contributed by atoms with Crippen LogP contribution in [0, 0.1) is 0 Å². The van der Waals surface area contributed by atoms with E-state index in [-0.39, 0.29) is 0 Å². The van der Waals surface area contributed by atoms with E-state index in [0.717, 1.165) is 23.6 Å². The molecule has 94 valence electrons. The summed E-state index contributed by atoms with van der Waals surface area (Å²) in [6.45, 7) is 2.91. The fourth-order valence-corrected chi connectivity index (χ4v) is 1.72. The van der Waals surface area contributed by atoms with Gasteiger partial charge in [-0.1, -0.05) is 12.1 Å². The number of hydrogen-bond donors (Lipinski definition) is 1. The van der Waals surface area contributed by atoms with E-state index >= 15 is 0 Å². The van der Waals surface area contributed by atoms with Gasteiger partial charge in [0.15, 0.2) is 0 Å². The van der Waals surface area contributed by atoms with Gasteiger partial charge in [0.1, 0.15) is 12.1 Å². The van der Waals surface area contributed by atoms with E-state index in [9.17, 15) is 0 Å². The van der Waals surface area contributed by atoms with Crippen molar-refractivity contribution in [3.8, 4) is 11.3 Å². The minimum absolute atomic E-state index is 0.857. The zero-order valence-corrected chi connectivity index (χ0v) is 11.0. The highest BCUT2D eigenvalue weighted by atomic mass is 15.1. The lowest BCUT2D eigenvalue weighted by atomic mass is 10.1. The minimum Gasteiger partial charge on any atom is -0.378 e. The molecular formula is C14H18N4.